The second kappa shape index (κ2) is 3.10. The molecular weight excluding hydrogens is 174 g/mol. The largest absolute Gasteiger partial charge is 0.325 e. The molecule has 1 aliphatic carbocycles. The predicted octanol–water partition coefficient (Wildman–Crippen LogP) is -0.512. The quantitative estimate of drug-likeness (QED) is 0.574. The average molecular weight is 187 g/mol. The van der Waals surface area contributed by atoms with Crippen LogP contribution in [0.3, 0.4) is 0 Å². The van der Waals surface area contributed by atoms with Gasteiger partial charge in [-0.15, -0.1) is 0 Å². The van der Waals surface area contributed by atoms with E-state index in [1.54, 1.807) is 0 Å². The van der Waals surface area contributed by atoms with Crippen LogP contribution in [0.5, 0.6) is 0 Å². The SMILES string of the molecule is C1=c2ccncc2=C2NNCCC2C1. The summed E-state index contributed by atoms with van der Waals surface area (Å²) in [6.45, 7) is 1.05. The molecule has 0 saturated carbocycles. The first-order chi connectivity index (χ1) is 6.95. The van der Waals surface area contributed by atoms with E-state index in [2.05, 4.69) is 28.0 Å². The molecule has 0 bridgehead atoms. The molecule has 3 rings (SSSR count). The summed E-state index contributed by atoms with van der Waals surface area (Å²) < 4.78 is 0. The zero-order valence-electron chi connectivity index (χ0n) is 7.96. The lowest BCUT2D eigenvalue weighted by atomic mass is 9.91. The van der Waals surface area contributed by atoms with Crippen LogP contribution >= 0.6 is 0 Å². The lowest BCUT2D eigenvalue weighted by Gasteiger charge is -2.28. The summed E-state index contributed by atoms with van der Waals surface area (Å²) in [6, 6.07) is 2.08. The van der Waals surface area contributed by atoms with Crippen molar-refractivity contribution in [3.05, 3.63) is 28.9 Å². The summed E-state index contributed by atoms with van der Waals surface area (Å²) in [4.78, 5) is 4.18. The number of hydrogen-bond acceptors (Lipinski definition) is 3. The van der Waals surface area contributed by atoms with Crippen LogP contribution in [0.25, 0.3) is 11.8 Å². The Kier molecular flexibility index (Phi) is 1.77. The van der Waals surface area contributed by atoms with E-state index >= 15 is 0 Å². The molecule has 2 heterocycles. The smallest absolute Gasteiger partial charge is 0.0390 e. The Balaban J connectivity index is 2.27. The fourth-order valence-electron chi connectivity index (χ4n) is 2.25. The standard InChI is InChI=1S/C11H13N3/c1-2-9-4-6-13-14-11(9)10-7-12-5-3-8(1)10/h1,3,5,7,9,13-14H,2,4,6H2. The molecule has 0 amide bonds. The molecule has 1 aromatic rings. The summed E-state index contributed by atoms with van der Waals surface area (Å²) in [5.41, 5.74) is 7.80. The summed E-state index contributed by atoms with van der Waals surface area (Å²) in [5.74, 6) is 0.660. The highest BCUT2D eigenvalue weighted by atomic mass is 15.4. The second-order valence-electron chi connectivity index (χ2n) is 3.85. The van der Waals surface area contributed by atoms with Crippen molar-refractivity contribution in [1.29, 1.82) is 0 Å². The van der Waals surface area contributed by atoms with Crippen molar-refractivity contribution < 1.29 is 0 Å². The predicted molar refractivity (Wildman–Crippen MR) is 55.2 cm³/mol. The average Bonchev–Trinajstić information content (AvgIpc) is 2.29. The van der Waals surface area contributed by atoms with E-state index < -0.39 is 0 Å². The summed E-state index contributed by atoms with van der Waals surface area (Å²) in [7, 11) is 0. The molecule has 1 atom stereocenters. The maximum Gasteiger partial charge on any atom is 0.0390 e. The van der Waals surface area contributed by atoms with Gasteiger partial charge in [0.15, 0.2) is 0 Å². The van der Waals surface area contributed by atoms with E-state index in [1.807, 2.05) is 12.4 Å². The third-order valence-electron chi connectivity index (χ3n) is 3.02. The minimum absolute atomic E-state index is 0.660. The molecule has 2 aliphatic rings. The highest BCUT2D eigenvalue weighted by molar-refractivity contribution is 5.52. The Bertz CT molecular complexity index is 464. The Morgan fingerprint density at radius 3 is 3.43 bits per heavy atom. The lowest BCUT2D eigenvalue weighted by molar-refractivity contribution is 0.456. The maximum atomic E-state index is 4.18. The van der Waals surface area contributed by atoms with Crippen molar-refractivity contribution in [3.8, 4) is 0 Å². The van der Waals surface area contributed by atoms with Crippen LogP contribution in [0.2, 0.25) is 0 Å². The lowest BCUT2D eigenvalue weighted by Crippen LogP contribution is -2.47. The number of fused-ring (bicyclic) bond motifs is 2. The summed E-state index contributed by atoms with van der Waals surface area (Å²) in [6.07, 6.45) is 8.49. The molecule has 1 aromatic heterocycles. The summed E-state index contributed by atoms with van der Waals surface area (Å²) in [5, 5.41) is 2.57. The van der Waals surface area contributed by atoms with Crippen LogP contribution in [0.4, 0.5) is 0 Å². The molecule has 1 aliphatic heterocycles. The number of nitrogens with one attached hydrogen (secondary N) is 2. The molecule has 0 radical (unpaired) electrons. The van der Waals surface area contributed by atoms with Crippen LogP contribution < -0.4 is 21.3 Å². The van der Waals surface area contributed by atoms with Gasteiger partial charge in [0.1, 0.15) is 0 Å². The van der Waals surface area contributed by atoms with Gasteiger partial charge in [-0.3, -0.25) is 4.98 Å². The van der Waals surface area contributed by atoms with Crippen LogP contribution in [-0.2, 0) is 0 Å². The van der Waals surface area contributed by atoms with E-state index in [-0.39, 0.29) is 0 Å². The third-order valence-corrected chi connectivity index (χ3v) is 3.02. The second-order valence-corrected chi connectivity index (χ2v) is 3.85. The van der Waals surface area contributed by atoms with Crippen molar-refractivity contribution in [2.75, 3.05) is 6.54 Å². The van der Waals surface area contributed by atoms with Crippen molar-refractivity contribution in [2.45, 2.75) is 12.8 Å². The molecule has 1 unspecified atom stereocenters. The highest BCUT2D eigenvalue weighted by Gasteiger charge is 2.20. The Hall–Kier alpha value is -1.35. The molecule has 3 heteroatoms. The van der Waals surface area contributed by atoms with Gasteiger partial charge in [0, 0.05) is 35.8 Å². The van der Waals surface area contributed by atoms with Crippen LogP contribution in [-0.4, -0.2) is 11.5 Å². The van der Waals surface area contributed by atoms with E-state index in [0.29, 0.717) is 5.92 Å². The molecule has 2 N–H and O–H groups in total. The number of aromatic nitrogens is 1. The fourth-order valence-corrected chi connectivity index (χ4v) is 2.25. The van der Waals surface area contributed by atoms with Gasteiger partial charge in [-0.1, -0.05) is 6.08 Å². The first-order valence-corrected chi connectivity index (χ1v) is 5.08. The third kappa shape index (κ3) is 1.13. The van der Waals surface area contributed by atoms with Crippen LogP contribution in [0, 0.1) is 5.92 Å². The van der Waals surface area contributed by atoms with Gasteiger partial charge in [-0.05, 0) is 24.1 Å². The van der Waals surface area contributed by atoms with Crippen LogP contribution in [0.15, 0.2) is 18.5 Å². The number of rotatable bonds is 0. The number of hydrogen-bond donors (Lipinski definition) is 2. The van der Waals surface area contributed by atoms with Gasteiger partial charge >= 0.3 is 0 Å². The van der Waals surface area contributed by atoms with Gasteiger partial charge in [0.25, 0.3) is 0 Å². The van der Waals surface area contributed by atoms with E-state index in [1.165, 1.54) is 22.6 Å². The van der Waals surface area contributed by atoms with E-state index in [9.17, 15) is 0 Å². The van der Waals surface area contributed by atoms with Crippen molar-refractivity contribution in [2.24, 2.45) is 5.92 Å². The zero-order chi connectivity index (χ0) is 9.38. The first kappa shape index (κ1) is 8.00. The molecular formula is C11H13N3. The minimum atomic E-state index is 0.660. The minimum Gasteiger partial charge on any atom is -0.325 e. The number of hydrazine groups is 1. The molecule has 3 nitrogen and oxygen atoms in total. The van der Waals surface area contributed by atoms with Crippen molar-refractivity contribution in [1.82, 2.24) is 15.8 Å². The zero-order valence-corrected chi connectivity index (χ0v) is 7.96. The Morgan fingerprint density at radius 2 is 2.43 bits per heavy atom. The monoisotopic (exact) mass is 187 g/mol. The molecule has 1 fully saturated rings. The van der Waals surface area contributed by atoms with Gasteiger partial charge in [0.2, 0.25) is 0 Å². The van der Waals surface area contributed by atoms with Gasteiger partial charge in [0.05, 0.1) is 0 Å². The Labute approximate surface area is 82.5 Å². The fraction of sp³-hybridized carbons (Fsp3) is 0.364. The number of nitrogens with zero attached hydrogens (tertiary/aromatic N) is 1. The van der Waals surface area contributed by atoms with Gasteiger partial charge < -0.3 is 5.43 Å². The van der Waals surface area contributed by atoms with E-state index in [0.717, 1.165) is 13.0 Å². The van der Waals surface area contributed by atoms with Gasteiger partial charge in [-0.2, -0.15) is 0 Å². The van der Waals surface area contributed by atoms with Crippen LogP contribution in [0.1, 0.15) is 12.8 Å². The molecule has 0 aromatic carbocycles. The summed E-state index contributed by atoms with van der Waals surface area (Å²) >= 11 is 0. The van der Waals surface area contributed by atoms with Crippen molar-refractivity contribution in [3.63, 3.8) is 0 Å². The Morgan fingerprint density at radius 1 is 1.43 bits per heavy atom. The normalized spacial score (nSPS) is 24.3. The number of pyridine rings is 1. The molecule has 14 heavy (non-hydrogen) atoms. The molecule has 0 spiro atoms. The van der Waals surface area contributed by atoms with Crippen molar-refractivity contribution >= 4 is 11.8 Å². The molecule has 72 valence electrons. The topological polar surface area (TPSA) is 37.0 Å². The maximum absolute atomic E-state index is 4.18. The first-order valence-electron chi connectivity index (χ1n) is 5.08. The van der Waals surface area contributed by atoms with Gasteiger partial charge in [-0.25, -0.2) is 5.43 Å². The molecule has 1 saturated heterocycles. The highest BCUT2D eigenvalue weighted by Crippen LogP contribution is 2.20. The van der Waals surface area contributed by atoms with E-state index in [4.69, 9.17) is 0 Å².